The topological polar surface area (TPSA) is 0 Å². The first kappa shape index (κ1) is 60.1. The van der Waals surface area contributed by atoms with Gasteiger partial charge in [-0.05, 0) is 193 Å². The molecule has 0 heterocycles. The highest BCUT2D eigenvalue weighted by Gasteiger charge is 2.22. The molecule has 0 heteroatoms. The second-order valence-corrected chi connectivity index (χ2v) is 26.5. The van der Waals surface area contributed by atoms with Gasteiger partial charge in [0.25, 0.3) is 0 Å². The number of fused-ring (bicyclic) bond motifs is 3. The van der Waals surface area contributed by atoms with Crippen molar-refractivity contribution in [3.8, 4) is 0 Å². The van der Waals surface area contributed by atoms with Gasteiger partial charge in [0.15, 0.2) is 0 Å². The highest BCUT2D eigenvalue weighted by atomic mass is 14.3. The summed E-state index contributed by atoms with van der Waals surface area (Å²) in [7, 11) is 0. The van der Waals surface area contributed by atoms with E-state index in [1.807, 2.05) is 0 Å². The van der Waals surface area contributed by atoms with Crippen molar-refractivity contribution < 1.29 is 0 Å². The van der Waals surface area contributed by atoms with Crippen LogP contribution in [0.3, 0.4) is 0 Å². The molecule has 0 fully saturated rings. The van der Waals surface area contributed by atoms with E-state index in [9.17, 15) is 0 Å². The summed E-state index contributed by atoms with van der Waals surface area (Å²) < 4.78 is 0. The molecule has 0 aliphatic carbocycles. The Balaban J connectivity index is 0.000000200. The smallest absolute Gasteiger partial charge is 0.0129 e. The van der Waals surface area contributed by atoms with Gasteiger partial charge in [0.2, 0.25) is 0 Å². The van der Waals surface area contributed by atoms with E-state index in [1.165, 1.54) is 110 Å². The average molecular weight is 976 g/mol. The van der Waals surface area contributed by atoms with E-state index in [4.69, 9.17) is 0 Å². The number of rotatable bonds is 1. The molecule has 0 unspecified atom stereocenters. The van der Waals surface area contributed by atoms with E-state index < -0.39 is 0 Å². The normalized spacial score (nSPS) is 12.0. The lowest BCUT2D eigenvalue weighted by atomic mass is 9.79. The highest BCUT2D eigenvalue weighted by molar-refractivity contribution is 5.91. The summed E-state index contributed by atoms with van der Waals surface area (Å²) in [6, 6.07) is 48.5. The van der Waals surface area contributed by atoms with Gasteiger partial charge in [0.1, 0.15) is 0 Å². The minimum absolute atomic E-state index is 0.206. The van der Waals surface area contributed by atoms with Crippen molar-refractivity contribution in [3.63, 3.8) is 0 Å². The van der Waals surface area contributed by atoms with Gasteiger partial charge in [-0.2, -0.15) is 0 Å². The van der Waals surface area contributed by atoms with E-state index in [2.05, 4.69) is 307 Å². The lowest BCUT2D eigenvalue weighted by Gasteiger charge is -2.25. The fraction of sp³-hybridized carbons (Fsp3) is 0.425. The number of hydrogen-bond acceptors (Lipinski definition) is 0. The third-order valence-electron chi connectivity index (χ3n) is 14.7. The lowest BCUT2D eigenvalue weighted by Crippen LogP contribution is -2.14. The molecule has 0 atom stereocenters. The van der Waals surface area contributed by atoms with Gasteiger partial charge in [0.05, 0.1) is 0 Å². The molecular formula is C73H98. The molecule has 0 aliphatic rings. The third kappa shape index (κ3) is 15.5. The number of aryl methyl sites for hydroxylation is 7. The molecule has 0 amide bonds. The van der Waals surface area contributed by atoms with Crippen LogP contribution in [0.15, 0.2) is 133 Å². The van der Waals surface area contributed by atoms with Crippen molar-refractivity contribution in [2.24, 2.45) is 0 Å². The molecule has 0 spiro atoms. The molecule has 0 saturated heterocycles. The minimum atomic E-state index is 0.206. The van der Waals surface area contributed by atoms with Gasteiger partial charge < -0.3 is 0 Å². The third-order valence-corrected chi connectivity index (χ3v) is 14.7. The van der Waals surface area contributed by atoms with Crippen LogP contribution >= 0.6 is 0 Å². The zero-order chi connectivity index (χ0) is 55.2. The summed E-state index contributed by atoms with van der Waals surface area (Å²) in [6.45, 7) is 56.3. The second kappa shape index (κ2) is 23.8. The molecule has 390 valence electrons. The summed E-state index contributed by atoms with van der Waals surface area (Å²) in [6.07, 6.45) is 0. The van der Waals surface area contributed by atoms with Crippen LogP contribution in [0.25, 0.3) is 32.3 Å². The van der Waals surface area contributed by atoms with Crippen LogP contribution in [-0.2, 0) is 27.1 Å². The van der Waals surface area contributed by atoms with Crippen LogP contribution < -0.4 is 0 Å². The molecule has 0 aromatic heterocycles. The SMILES string of the molecule is Cc1c(C(C)(C)C)cc(C(C)C)c2ccccc12.Cc1c(C(C)(C)C)ccc2ccccc12.Cc1cc(C(C)(C)C)c(C)c2ccccc12.Cc1cc(C)c(C)c(C(C)(C)C)c1.Cc1ccccc1C(C)(C)C. The van der Waals surface area contributed by atoms with Crippen molar-refractivity contribution in [2.45, 2.75) is 206 Å². The number of hydrogen-bond donors (Lipinski definition) is 0. The van der Waals surface area contributed by atoms with E-state index in [1.54, 1.807) is 0 Å². The van der Waals surface area contributed by atoms with Crippen molar-refractivity contribution in [1.82, 2.24) is 0 Å². The fourth-order valence-corrected chi connectivity index (χ4v) is 10.8. The molecule has 0 N–H and O–H groups in total. The summed E-state index contributed by atoms with van der Waals surface area (Å²) >= 11 is 0. The van der Waals surface area contributed by atoms with Gasteiger partial charge in [-0.3, -0.25) is 0 Å². The summed E-state index contributed by atoms with van der Waals surface area (Å²) in [5.74, 6) is 0.566. The summed E-state index contributed by atoms with van der Waals surface area (Å²) in [5, 5.41) is 8.32. The standard InChI is InChI=1S/C18H24.C16H20.C15H18.C13H20.C11H16/c1-12(2)16-11-17(18(4,5)6)13(3)14-9-7-8-10-15(14)16;1-11-10-15(16(3,4)5)12(2)14-9-7-6-8-13(11)14;1-11-13-8-6-5-7-12(13)9-10-14(11)15(2,3)4;1-9-7-10(2)11(3)12(8-9)13(4,5)6;1-9-7-5-6-8-10(9)11(2,3)4/h7-12H,1-6H3;6-10H,1-5H3;5-10H,1-4H3;7-8H,1-6H3;5-8H,1-4H3. The Morgan fingerprint density at radius 1 is 0.274 bits per heavy atom. The highest BCUT2D eigenvalue weighted by Crippen LogP contribution is 2.37. The Kier molecular flexibility index (Phi) is 19.6. The maximum absolute atomic E-state index is 2.42. The van der Waals surface area contributed by atoms with Crippen molar-refractivity contribution >= 4 is 32.3 Å². The van der Waals surface area contributed by atoms with Crippen LogP contribution in [0.4, 0.5) is 0 Å². The Bertz CT molecular complexity index is 3110. The quantitative estimate of drug-likeness (QED) is 0.154. The van der Waals surface area contributed by atoms with Gasteiger partial charge in [-0.25, -0.2) is 0 Å². The monoisotopic (exact) mass is 975 g/mol. The maximum Gasteiger partial charge on any atom is -0.0129 e. The van der Waals surface area contributed by atoms with E-state index in [0.29, 0.717) is 5.92 Å². The van der Waals surface area contributed by atoms with E-state index in [0.717, 1.165) is 0 Å². The van der Waals surface area contributed by atoms with Crippen molar-refractivity contribution in [2.75, 3.05) is 0 Å². The molecule has 8 aromatic rings. The summed E-state index contributed by atoms with van der Waals surface area (Å²) in [4.78, 5) is 0. The Morgan fingerprint density at radius 3 is 1.12 bits per heavy atom. The zero-order valence-corrected chi connectivity index (χ0v) is 50.8. The van der Waals surface area contributed by atoms with E-state index in [-0.39, 0.29) is 27.1 Å². The molecule has 73 heavy (non-hydrogen) atoms. The Labute approximate surface area is 447 Å². The lowest BCUT2D eigenvalue weighted by molar-refractivity contribution is 0.584. The van der Waals surface area contributed by atoms with Crippen LogP contribution in [-0.4, -0.2) is 0 Å². The maximum atomic E-state index is 2.42. The molecule has 8 rings (SSSR count). The minimum Gasteiger partial charge on any atom is -0.0620 e. The molecule has 0 nitrogen and oxygen atoms in total. The van der Waals surface area contributed by atoms with Gasteiger partial charge in [-0.15, -0.1) is 0 Å². The van der Waals surface area contributed by atoms with Gasteiger partial charge in [0, 0.05) is 0 Å². The molecule has 0 radical (unpaired) electrons. The second-order valence-electron chi connectivity index (χ2n) is 26.5. The largest absolute Gasteiger partial charge is 0.0620 e. The van der Waals surface area contributed by atoms with Crippen LogP contribution in [0.1, 0.15) is 202 Å². The van der Waals surface area contributed by atoms with Gasteiger partial charge in [-0.1, -0.05) is 257 Å². The fourth-order valence-electron chi connectivity index (χ4n) is 10.8. The first-order chi connectivity index (χ1) is 33.6. The first-order valence-electron chi connectivity index (χ1n) is 27.2. The Morgan fingerprint density at radius 2 is 0.658 bits per heavy atom. The van der Waals surface area contributed by atoms with E-state index >= 15 is 0 Å². The first-order valence-corrected chi connectivity index (χ1v) is 27.2. The molecule has 0 aliphatic heterocycles. The Hall–Kier alpha value is -5.46. The van der Waals surface area contributed by atoms with Crippen molar-refractivity contribution in [3.05, 3.63) is 211 Å². The van der Waals surface area contributed by atoms with Crippen LogP contribution in [0.5, 0.6) is 0 Å². The zero-order valence-electron chi connectivity index (χ0n) is 50.8. The van der Waals surface area contributed by atoms with Crippen LogP contribution in [0, 0.1) is 55.4 Å². The van der Waals surface area contributed by atoms with Crippen molar-refractivity contribution in [1.29, 1.82) is 0 Å². The van der Waals surface area contributed by atoms with Gasteiger partial charge >= 0.3 is 0 Å². The average Bonchev–Trinajstić information content (AvgIpc) is 3.28. The molecule has 0 bridgehead atoms. The molecule has 8 aromatic carbocycles. The predicted octanol–water partition coefficient (Wildman–Crippen LogP) is 22.0. The predicted molar refractivity (Wildman–Crippen MR) is 330 cm³/mol. The molecular weight excluding hydrogens is 877 g/mol. The summed E-state index contributed by atoms with van der Waals surface area (Å²) in [5.41, 5.74) is 21.2. The molecule has 0 saturated carbocycles. The number of benzene rings is 8. The van der Waals surface area contributed by atoms with Crippen LogP contribution in [0.2, 0.25) is 0 Å².